The minimum atomic E-state index is -0.373. The van der Waals surface area contributed by atoms with Crippen molar-refractivity contribution in [3.8, 4) is 0 Å². The predicted octanol–water partition coefficient (Wildman–Crippen LogP) is 2.03. The van der Waals surface area contributed by atoms with Crippen molar-refractivity contribution in [2.75, 3.05) is 20.2 Å². The molecule has 1 fully saturated rings. The average Bonchev–Trinajstić information content (AvgIpc) is 3.11. The number of methoxy groups -OCH3 is 1. The Morgan fingerprint density at radius 2 is 2.35 bits per heavy atom. The predicted molar refractivity (Wildman–Crippen MR) is 76.7 cm³/mol. The number of likely N-dealkylation sites (tertiary alicyclic amines) is 1. The standard InChI is InChI=1S/C14H18N2O3S/c1-18-13(17)12-8-14(19-15-12)3-5-16(6-4-14)9-11-2-7-20-10-11/h2,7,10H,3-6,8-9H2,1H3. The Bertz CT molecular complexity index is 504. The average molecular weight is 294 g/mol. The molecular formula is C14H18N2O3S. The van der Waals surface area contributed by atoms with Crippen molar-refractivity contribution in [2.45, 2.75) is 31.4 Å². The quantitative estimate of drug-likeness (QED) is 0.800. The van der Waals surface area contributed by atoms with Crippen LogP contribution in [-0.2, 0) is 20.9 Å². The number of hydrogen-bond acceptors (Lipinski definition) is 6. The smallest absolute Gasteiger partial charge is 0.355 e. The topological polar surface area (TPSA) is 51.1 Å². The molecule has 0 amide bonds. The molecule has 0 bridgehead atoms. The Morgan fingerprint density at radius 3 is 3.00 bits per heavy atom. The second kappa shape index (κ2) is 5.54. The molecule has 0 N–H and O–H groups in total. The third-order valence-electron chi connectivity index (χ3n) is 4.01. The van der Waals surface area contributed by atoms with E-state index in [0.29, 0.717) is 12.1 Å². The Balaban J connectivity index is 1.53. The maximum atomic E-state index is 11.5. The maximum absolute atomic E-state index is 11.5. The van der Waals surface area contributed by atoms with Crippen LogP contribution in [0.1, 0.15) is 24.8 Å². The van der Waals surface area contributed by atoms with Crippen LogP contribution >= 0.6 is 11.3 Å². The molecule has 3 rings (SSSR count). The zero-order valence-electron chi connectivity index (χ0n) is 11.5. The number of oxime groups is 1. The van der Waals surface area contributed by atoms with Crippen molar-refractivity contribution in [3.63, 3.8) is 0 Å². The summed E-state index contributed by atoms with van der Waals surface area (Å²) in [7, 11) is 1.37. The summed E-state index contributed by atoms with van der Waals surface area (Å²) in [4.78, 5) is 19.5. The summed E-state index contributed by atoms with van der Waals surface area (Å²) in [5.74, 6) is -0.373. The molecule has 6 heteroatoms. The molecular weight excluding hydrogens is 276 g/mol. The van der Waals surface area contributed by atoms with Crippen molar-refractivity contribution >= 4 is 23.0 Å². The van der Waals surface area contributed by atoms with E-state index in [9.17, 15) is 4.79 Å². The third kappa shape index (κ3) is 2.71. The molecule has 0 saturated carbocycles. The first-order chi connectivity index (χ1) is 9.71. The van der Waals surface area contributed by atoms with Crippen molar-refractivity contribution < 1.29 is 14.4 Å². The van der Waals surface area contributed by atoms with E-state index in [4.69, 9.17) is 9.57 Å². The van der Waals surface area contributed by atoms with Gasteiger partial charge in [-0.2, -0.15) is 11.3 Å². The molecule has 5 nitrogen and oxygen atoms in total. The Morgan fingerprint density at radius 1 is 1.55 bits per heavy atom. The van der Waals surface area contributed by atoms with E-state index in [2.05, 4.69) is 26.9 Å². The molecule has 0 atom stereocenters. The highest BCUT2D eigenvalue weighted by Crippen LogP contribution is 2.35. The molecule has 1 aromatic rings. The van der Waals surface area contributed by atoms with E-state index in [1.165, 1.54) is 12.7 Å². The highest BCUT2D eigenvalue weighted by atomic mass is 32.1. The monoisotopic (exact) mass is 294 g/mol. The molecule has 0 aromatic carbocycles. The number of hydrogen-bond donors (Lipinski definition) is 0. The lowest BCUT2D eigenvalue weighted by Gasteiger charge is -2.37. The third-order valence-corrected chi connectivity index (χ3v) is 4.75. The van der Waals surface area contributed by atoms with Crippen molar-refractivity contribution in [3.05, 3.63) is 22.4 Å². The number of nitrogens with zero attached hydrogens (tertiary/aromatic N) is 2. The van der Waals surface area contributed by atoms with E-state index >= 15 is 0 Å². The van der Waals surface area contributed by atoms with Gasteiger partial charge in [0.25, 0.3) is 0 Å². The summed E-state index contributed by atoms with van der Waals surface area (Å²) in [6.07, 6.45) is 2.38. The SMILES string of the molecule is COC(=O)C1=NOC2(CCN(Cc3ccsc3)CC2)C1. The fourth-order valence-electron chi connectivity index (χ4n) is 2.78. The summed E-state index contributed by atoms with van der Waals surface area (Å²) in [5, 5.41) is 8.21. The number of thiophene rings is 1. The Labute approximate surface area is 122 Å². The van der Waals surface area contributed by atoms with Crippen LogP contribution in [0.25, 0.3) is 0 Å². The van der Waals surface area contributed by atoms with Crippen LogP contribution in [0.15, 0.2) is 22.0 Å². The number of carbonyl (C=O) groups is 1. The Kier molecular flexibility index (Phi) is 3.76. The van der Waals surface area contributed by atoms with Crippen molar-refractivity contribution in [1.29, 1.82) is 0 Å². The molecule has 1 aromatic heterocycles. The van der Waals surface area contributed by atoms with Gasteiger partial charge in [0.1, 0.15) is 5.60 Å². The van der Waals surface area contributed by atoms with Gasteiger partial charge in [0.2, 0.25) is 0 Å². The van der Waals surface area contributed by atoms with Gasteiger partial charge in [0.15, 0.2) is 5.71 Å². The maximum Gasteiger partial charge on any atom is 0.355 e. The second-order valence-corrected chi connectivity index (χ2v) is 6.17. The first-order valence-corrected chi connectivity index (χ1v) is 7.72. The highest BCUT2D eigenvalue weighted by Gasteiger charge is 2.43. The van der Waals surface area contributed by atoms with E-state index in [1.807, 2.05) is 0 Å². The van der Waals surface area contributed by atoms with Gasteiger partial charge in [0.05, 0.1) is 7.11 Å². The summed E-state index contributed by atoms with van der Waals surface area (Å²) in [6, 6.07) is 2.17. The van der Waals surface area contributed by atoms with E-state index < -0.39 is 0 Å². The van der Waals surface area contributed by atoms with E-state index in [1.54, 1.807) is 11.3 Å². The number of piperidine rings is 1. The normalized spacial score (nSPS) is 21.6. The lowest BCUT2D eigenvalue weighted by Crippen LogP contribution is -2.44. The fourth-order valence-corrected chi connectivity index (χ4v) is 3.44. The molecule has 0 radical (unpaired) electrons. The van der Waals surface area contributed by atoms with Gasteiger partial charge in [-0.15, -0.1) is 0 Å². The first kappa shape index (κ1) is 13.6. The minimum absolute atomic E-state index is 0.283. The van der Waals surface area contributed by atoms with Gasteiger partial charge in [-0.3, -0.25) is 4.90 Å². The summed E-state index contributed by atoms with van der Waals surface area (Å²) < 4.78 is 4.70. The Hall–Kier alpha value is -1.40. The highest BCUT2D eigenvalue weighted by molar-refractivity contribution is 7.07. The summed E-state index contributed by atoms with van der Waals surface area (Å²) in [6.45, 7) is 2.93. The van der Waals surface area contributed by atoms with Gasteiger partial charge < -0.3 is 9.57 Å². The molecule has 2 aliphatic rings. The molecule has 0 aliphatic carbocycles. The van der Waals surface area contributed by atoms with Crippen molar-refractivity contribution in [2.24, 2.45) is 5.16 Å². The van der Waals surface area contributed by atoms with Crippen LogP contribution in [0.3, 0.4) is 0 Å². The summed E-state index contributed by atoms with van der Waals surface area (Å²) in [5.41, 5.74) is 1.50. The van der Waals surface area contributed by atoms with Crippen molar-refractivity contribution in [1.82, 2.24) is 4.90 Å². The van der Waals surface area contributed by atoms with Crippen LogP contribution in [0, 0.1) is 0 Å². The second-order valence-electron chi connectivity index (χ2n) is 5.39. The van der Waals surface area contributed by atoms with Crippen LogP contribution in [-0.4, -0.2) is 42.4 Å². The van der Waals surface area contributed by atoms with Crippen LogP contribution in [0.5, 0.6) is 0 Å². The number of ether oxygens (including phenoxy) is 1. The molecule has 3 heterocycles. The molecule has 20 heavy (non-hydrogen) atoms. The van der Waals surface area contributed by atoms with Gasteiger partial charge in [-0.25, -0.2) is 4.79 Å². The molecule has 108 valence electrons. The fraction of sp³-hybridized carbons (Fsp3) is 0.571. The lowest BCUT2D eigenvalue weighted by atomic mass is 9.87. The van der Waals surface area contributed by atoms with Gasteiger partial charge in [-0.05, 0) is 22.4 Å². The van der Waals surface area contributed by atoms with Crippen LogP contribution in [0.2, 0.25) is 0 Å². The van der Waals surface area contributed by atoms with Crippen LogP contribution < -0.4 is 0 Å². The number of esters is 1. The number of rotatable bonds is 3. The van der Waals surface area contributed by atoms with E-state index in [-0.39, 0.29) is 11.6 Å². The summed E-state index contributed by atoms with van der Waals surface area (Å²) >= 11 is 1.73. The first-order valence-electron chi connectivity index (χ1n) is 6.78. The number of carbonyl (C=O) groups excluding carboxylic acids is 1. The molecule has 1 saturated heterocycles. The minimum Gasteiger partial charge on any atom is -0.464 e. The molecule has 0 unspecified atom stereocenters. The van der Waals surface area contributed by atoms with E-state index in [0.717, 1.165) is 32.5 Å². The zero-order valence-corrected chi connectivity index (χ0v) is 12.3. The molecule has 2 aliphatic heterocycles. The van der Waals surface area contributed by atoms with Gasteiger partial charge >= 0.3 is 5.97 Å². The largest absolute Gasteiger partial charge is 0.464 e. The van der Waals surface area contributed by atoms with Gasteiger partial charge in [-0.1, -0.05) is 5.16 Å². The zero-order chi connectivity index (χ0) is 14.0. The lowest BCUT2D eigenvalue weighted by molar-refractivity contribution is -0.132. The van der Waals surface area contributed by atoms with Crippen LogP contribution in [0.4, 0.5) is 0 Å². The molecule has 1 spiro atoms. The van der Waals surface area contributed by atoms with Gasteiger partial charge in [0, 0.05) is 38.9 Å².